The van der Waals surface area contributed by atoms with E-state index in [2.05, 4.69) is 4.98 Å². The molecular weight excluding hydrogens is 332 g/mol. The highest BCUT2D eigenvalue weighted by atomic mass is 35.5. The Hall–Kier alpha value is -1.01. The summed E-state index contributed by atoms with van der Waals surface area (Å²) >= 11 is 7.78. The Bertz CT molecular complexity index is 646. The fourth-order valence-corrected chi connectivity index (χ4v) is 4.45. The molecule has 2 atom stereocenters. The molecule has 0 spiro atoms. The van der Waals surface area contributed by atoms with Gasteiger partial charge in [0, 0.05) is 36.6 Å². The zero-order valence-corrected chi connectivity index (χ0v) is 14.7. The number of aliphatic hydroxyl groups excluding tert-OH is 1. The van der Waals surface area contributed by atoms with Gasteiger partial charge in [-0.05, 0) is 30.5 Å². The molecule has 0 saturated carbocycles. The van der Waals surface area contributed by atoms with E-state index in [1.54, 1.807) is 11.8 Å². The first-order valence-corrected chi connectivity index (χ1v) is 9.14. The maximum atomic E-state index is 9.43. The molecule has 2 aromatic rings. The normalized spacial score (nSPS) is 24.2. The maximum absolute atomic E-state index is 9.43. The first-order chi connectivity index (χ1) is 11.1. The van der Waals surface area contributed by atoms with Gasteiger partial charge in [0.05, 0.1) is 12.7 Å². The molecule has 1 aromatic heterocycles. The zero-order chi connectivity index (χ0) is 16.3. The second kappa shape index (κ2) is 7.26. The molecule has 1 aliphatic rings. The number of aliphatic hydroxyl groups is 1. The summed E-state index contributed by atoms with van der Waals surface area (Å²) in [6.07, 6.45) is 6.44. The summed E-state index contributed by atoms with van der Waals surface area (Å²) in [6, 6.07) is 7.84. The maximum Gasteiger partial charge on any atom is 0.139 e. The van der Waals surface area contributed by atoms with Crippen molar-refractivity contribution in [2.45, 2.75) is 30.3 Å². The van der Waals surface area contributed by atoms with Crippen LogP contribution < -0.4 is 0 Å². The van der Waals surface area contributed by atoms with Crippen LogP contribution in [0.2, 0.25) is 5.02 Å². The van der Waals surface area contributed by atoms with Crippen molar-refractivity contribution in [2.24, 2.45) is 7.05 Å². The standard InChI is InChI=1S/C17H21ClN2O2S/c1-20-10-9-19-16(20)3-2-8-17(22-15(11-21)12-23-17)13-4-6-14(18)7-5-13/h4-7,9-10,15,21H,2-3,8,11-12H2,1H3/t15-,17+/m0/s1. The van der Waals surface area contributed by atoms with Gasteiger partial charge in [0.25, 0.3) is 0 Å². The van der Waals surface area contributed by atoms with Gasteiger partial charge in [-0.25, -0.2) is 4.98 Å². The second-order valence-corrected chi connectivity index (χ2v) is 7.52. The van der Waals surface area contributed by atoms with E-state index in [-0.39, 0.29) is 12.7 Å². The Labute approximate surface area is 145 Å². The summed E-state index contributed by atoms with van der Waals surface area (Å²) in [5.41, 5.74) is 1.11. The number of benzene rings is 1. The van der Waals surface area contributed by atoms with Gasteiger partial charge in [-0.2, -0.15) is 0 Å². The molecule has 3 rings (SSSR count). The molecule has 1 fully saturated rings. The first kappa shape index (κ1) is 16.8. The van der Waals surface area contributed by atoms with Gasteiger partial charge in [-0.1, -0.05) is 23.7 Å². The summed E-state index contributed by atoms with van der Waals surface area (Å²) < 4.78 is 8.27. The van der Waals surface area contributed by atoms with Crippen LogP contribution in [0.1, 0.15) is 24.2 Å². The van der Waals surface area contributed by atoms with Crippen molar-refractivity contribution in [1.29, 1.82) is 0 Å². The van der Waals surface area contributed by atoms with Gasteiger partial charge in [-0.3, -0.25) is 0 Å². The molecule has 2 heterocycles. The third-order valence-corrected chi connectivity index (χ3v) is 5.97. The van der Waals surface area contributed by atoms with E-state index in [0.29, 0.717) is 0 Å². The van der Waals surface area contributed by atoms with E-state index in [1.165, 1.54) is 0 Å². The Morgan fingerprint density at radius 2 is 2.22 bits per heavy atom. The van der Waals surface area contributed by atoms with E-state index in [0.717, 1.165) is 41.4 Å². The highest BCUT2D eigenvalue weighted by Crippen LogP contribution is 2.48. The Kier molecular flexibility index (Phi) is 5.31. The van der Waals surface area contributed by atoms with Crippen molar-refractivity contribution in [3.05, 3.63) is 53.1 Å². The van der Waals surface area contributed by atoms with E-state index in [1.807, 2.05) is 48.3 Å². The van der Waals surface area contributed by atoms with Crippen molar-refractivity contribution >= 4 is 23.4 Å². The first-order valence-electron chi connectivity index (χ1n) is 7.78. The number of aryl methyl sites for hydroxylation is 2. The van der Waals surface area contributed by atoms with E-state index >= 15 is 0 Å². The van der Waals surface area contributed by atoms with Crippen molar-refractivity contribution in [3.8, 4) is 0 Å². The number of halogens is 1. The molecule has 124 valence electrons. The molecule has 4 nitrogen and oxygen atoms in total. The Morgan fingerprint density at radius 1 is 1.43 bits per heavy atom. The van der Waals surface area contributed by atoms with Crippen LogP contribution in [0.4, 0.5) is 0 Å². The highest BCUT2D eigenvalue weighted by molar-refractivity contribution is 8.00. The van der Waals surface area contributed by atoms with Gasteiger partial charge in [0.15, 0.2) is 0 Å². The van der Waals surface area contributed by atoms with Gasteiger partial charge >= 0.3 is 0 Å². The lowest BCUT2D eigenvalue weighted by Gasteiger charge is -2.29. The van der Waals surface area contributed by atoms with Crippen LogP contribution in [-0.4, -0.2) is 33.1 Å². The molecule has 0 aliphatic carbocycles. The van der Waals surface area contributed by atoms with Gasteiger partial charge in [-0.15, -0.1) is 11.8 Å². The minimum Gasteiger partial charge on any atom is -0.394 e. The Balaban J connectivity index is 1.73. The lowest BCUT2D eigenvalue weighted by Crippen LogP contribution is -2.26. The summed E-state index contributed by atoms with van der Waals surface area (Å²) in [7, 11) is 2.01. The SMILES string of the molecule is Cn1ccnc1CCC[C@@]1(c2ccc(Cl)cc2)O[C@@H](CO)CS1. The molecule has 0 bridgehead atoms. The van der Waals surface area contributed by atoms with Gasteiger partial charge < -0.3 is 14.4 Å². The van der Waals surface area contributed by atoms with Crippen molar-refractivity contribution in [1.82, 2.24) is 9.55 Å². The minimum atomic E-state index is -0.400. The lowest BCUT2D eigenvalue weighted by atomic mass is 10.0. The van der Waals surface area contributed by atoms with Crippen LogP contribution >= 0.6 is 23.4 Å². The number of hydrogen-bond donors (Lipinski definition) is 1. The monoisotopic (exact) mass is 352 g/mol. The number of ether oxygens (including phenoxy) is 1. The summed E-state index contributed by atoms with van der Waals surface area (Å²) in [6.45, 7) is 0.0572. The van der Waals surface area contributed by atoms with E-state index in [4.69, 9.17) is 16.3 Å². The lowest BCUT2D eigenvalue weighted by molar-refractivity contribution is -0.0395. The molecule has 6 heteroatoms. The fraction of sp³-hybridized carbons (Fsp3) is 0.471. The Morgan fingerprint density at radius 3 is 2.83 bits per heavy atom. The molecule has 23 heavy (non-hydrogen) atoms. The summed E-state index contributed by atoms with van der Waals surface area (Å²) in [5.74, 6) is 1.89. The molecule has 0 amide bonds. The minimum absolute atomic E-state index is 0.0572. The van der Waals surface area contributed by atoms with Gasteiger partial charge in [0.2, 0.25) is 0 Å². The van der Waals surface area contributed by atoms with Crippen molar-refractivity contribution < 1.29 is 9.84 Å². The second-order valence-electron chi connectivity index (χ2n) is 5.80. The molecule has 1 aromatic carbocycles. The number of hydrogen-bond acceptors (Lipinski definition) is 4. The van der Waals surface area contributed by atoms with Crippen LogP contribution in [0.15, 0.2) is 36.7 Å². The van der Waals surface area contributed by atoms with Crippen molar-refractivity contribution in [3.63, 3.8) is 0 Å². The summed E-state index contributed by atoms with van der Waals surface area (Å²) in [4.78, 5) is 3.98. The van der Waals surface area contributed by atoms with Crippen LogP contribution in [-0.2, 0) is 23.1 Å². The molecule has 1 aliphatic heterocycles. The summed E-state index contributed by atoms with van der Waals surface area (Å²) in [5, 5.41) is 10.1. The van der Waals surface area contributed by atoms with E-state index < -0.39 is 4.93 Å². The van der Waals surface area contributed by atoms with Crippen LogP contribution in [0.25, 0.3) is 0 Å². The molecule has 1 saturated heterocycles. The smallest absolute Gasteiger partial charge is 0.139 e. The number of nitrogens with zero attached hydrogens (tertiary/aromatic N) is 2. The van der Waals surface area contributed by atoms with Crippen molar-refractivity contribution in [2.75, 3.05) is 12.4 Å². The number of thioether (sulfide) groups is 1. The third-order valence-electron chi connectivity index (χ3n) is 4.17. The highest BCUT2D eigenvalue weighted by Gasteiger charge is 2.41. The average Bonchev–Trinajstić information content (AvgIpc) is 3.16. The number of imidazole rings is 1. The predicted octanol–water partition coefficient (Wildman–Crippen LogP) is 3.37. The third kappa shape index (κ3) is 3.74. The zero-order valence-electron chi connectivity index (χ0n) is 13.1. The van der Waals surface area contributed by atoms with E-state index in [9.17, 15) is 5.11 Å². The van der Waals surface area contributed by atoms with Gasteiger partial charge in [0.1, 0.15) is 10.8 Å². The molecule has 0 radical (unpaired) electrons. The van der Waals surface area contributed by atoms with Crippen LogP contribution in [0.5, 0.6) is 0 Å². The number of aromatic nitrogens is 2. The predicted molar refractivity (Wildman–Crippen MR) is 93.7 cm³/mol. The van der Waals surface area contributed by atoms with Crippen LogP contribution in [0.3, 0.4) is 0 Å². The molecule has 0 unspecified atom stereocenters. The fourth-order valence-electron chi connectivity index (χ4n) is 2.90. The van der Waals surface area contributed by atoms with Crippen LogP contribution in [0, 0.1) is 0 Å². The quantitative estimate of drug-likeness (QED) is 0.865. The average molecular weight is 353 g/mol. The molecular formula is C17H21ClN2O2S. The largest absolute Gasteiger partial charge is 0.394 e. The number of rotatable bonds is 6. The molecule has 1 N–H and O–H groups in total. The topological polar surface area (TPSA) is 47.3 Å².